The van der Waals surface area contributed by atoms with Crippen LogP contribution in [-0.2, 0) is 18.4 Å². The van der Waals surface area contributed by atoms with Crippen molar-refractivity contribution in [2.45, 2.75) is 39.4 Å². The van der Waals surface area contributed by atoms with E-state index in [1.807, 2.05) is 77.1 Å². The molecule has 0 aliphatic rings. The first-order valence-corrected chi connectivity index (χ1v) is 10.2. The van der Waals surface area contributed by atoms with Crippen LogP contribution in [0.5, 0.6) is 0 Å². The van der Waals surface area contributed by atoms with Crippen LogP contribution in [0.25, 0.3) is 22.3 Å². The third-order valence-electron chi connectivity index (χ3n) is 4.49. The summed E-state index contributed by atoms with van der Waals surface area (Å²) in [5.41, 5.74) is 3.62. The zero-order valence-electron chi connectivity index (χ0n) is 17.1. The van der Waals surface area contributed by atoms with Crippen LogP contribution in [0.4, 0.5) is 0 Å². The predicted octanol–water partition coefficient (Wildman–Crippen LogP) is 4.18. The van der Waals surface area contributed by atoms with Crippen molar-refractivity contribution in [1.82, 2.24) is 9.55 Å². The number of hydrogen-bond donors (Lipinski definition) is 0. The van der Waals surface area contributed by atoms with Crippen molar-refractivity contribution in [3.8, 4) is 11.4 Å². The lowest BCUT2D eigenvalue weighted by Crippen LogP contribution is -2.27. The minimum absolute atomic E-state index is 0.112. The number of rotatable bonds is 3. The number of benzene rings is 2. The first-order valence-electron chi connectivity index (χ1n) is 9.14. The number of aryl methyl sites for hydroxylation is 1. The second-order valence-electron chi connectivity index (χ2n) is 7.91. The van der Waals surface area contributed by atoms with E-state index >= 15 is 0 Å². The van der Waals surface area contributed by atoms with E-state index in [0.29, 0.717) is 22.4 Å². The summed E-state index contributed by atoms with van der Waals surface area (Å²) >= 11 is -1.39. The van der Waals surface area contributed by atoms with E-state index in [9.17, 15) is 9.35 Å². The van der Waals surface area contributed by atoms with Crippen LogP contribution in [0, 0.1) is 6.92 Å². The van der Waals surface area contributed by atoms with Crippen LogP contribution in [0.1, 0.15) is 38.8 Å². The molecule has 0 radical (unpaired) electrons. The topological polar surface area (TPSA) is 70.3 Å². The van der Waals surface area contributed by atoms with Gasteiger partial charge < -0.3 is 4.55 Å². The molecule has 0 N–H and O–H groups in total. The second kappa shape index (κ2) is 7.53. The maximum absolute atomic E-state index is 13.1. The van der Waals surface area contributed by atoms with E-state index < -0.39 is 16.1 Å². The van der Waals surface area contributed by atoms with Gasteiger partial charge >= 0.3 is 0 Å². The average molecular weight is 396 g/mol. The summed E-state index contributed by atoms with van der Waals surface area (Å²) in [7, 11) is 1.73. The molecule has 0 fully saturated rings. The van der Waals surface area contributed by atoms with Gasteiger partial charge in [-0.1, -0.05) is 34.7 Å². The fourth-order valence-electron chi connectivity index (χ4n) is 2.95. The minimum atomic E-state index is -1.39. The van der Waals surface area contributed by atoms with E-state index in [2.05, 4.69) is 4.40 Å². The highest BCUT2D eigenvalue weighted by atomic mass is 32.2. The molecule has 28 heavy (non-hydrogen) atoms. The van der Waals surface area contributed by atoms with Crippen molar-refractivity contribution in [1.29, 1.82) is 0 Å². The molecule has 2 aromatic carbocycles. The number of hydrogen-bond acceptors (Lipinski definition) is 4. The van der Waals surface area contributed by atoms with E-state index in [1.165, 1.54) is 0 Å². The molecule has 1 aromatic heterocycles. The quantitative estimate of drug-likeness (QED) is 0.493. The summed E-state index contributed by atoms with van der Waals surface area (Å²) in [6.45, 7) is 9.40. The van der Waals surface area contributed by atoms with Gasteiger partial charge in [0.1, 0.15) is 21.9 Å². The molecule has 0 spiro atoms. The molecule has 3 rings (SSSR count). The van der Waals surface area contributed by atoms with Gasteiger partial charge in [0.25, 0.3) is 5.56 Å². The highest BCUT2D eigenvalue weighted by Gasteiger charge is 2.27. The predicted molar refractivity (Wildman–Crippen MR) is 117 cm³/mol. The Kier molecular flexibility index (Phi) is 5.46. The third kappa shape index (κ3) is 3.88. The van der Waals surface area contributed by atoms with Crippen LogP contribution in [-0.4, -0.2) is 24.6 Å². The number of fused-ring (bicyclic) bond motifs is 1. The SMILES string of the molecule is CC(=N[S+]([O-])C(C)(C)C)c1cc(C)cc2c(=O)n(C)c(-c3ccccc3)nc12. The second-order valence-corrected chi connectivity index (χ2v) is 9.82. The summed E-state index contributed by atoms with van der Waals surface area (Å²) in [6.07, 6.45) is 0. The maximum Gasteiger partial charge on any atom is 0.261 e. The molecule has 146 valence electrons. The first-order chi connectivity index (χ1) is 13.1. The normalized spacial score (nSPS) is 13.8. The Bertz CT molecular complexity index is 1110. The van der Waals surface area contributed by atoms with Crippen molar-refractivity contribution in [2.75, 3.05) is 0 Å². The number of aromatic nitrogens is 2. The summed E-state index contributed by atoms with van der Waals surface area (Å²) in [5.74, 6) is 0.591. The molecule has 0 aliphatic heterocycles. The highest BCUT2D eigenvalue weighted by molar-refractivity contribution is 7.91. The Morgan fingerprint density at radius 1 is 1.18 bits per heavy atom. The molecular weight excluding hydrogens is 370 g/mol. The van der Waals surface area contributed by atoms with Gasteiger partial charge in [-0.2, -0.15) is 0 Å². The zero-order chi connectivity index (χ0) is 20.6. The molecule has 1 unspecified atom stereocenters. The van der Waals surface area contributed by atoms with Gasteiger partial charge in [0.05, 0.1) is 16.6 Å². The van der Waals surface area contributed by atoms with E-state index in [4.69, 9.17) is 4.98 Å². The Labute approximate surface area is 168 Å². The van der Waals surface area contributed by atoms with E-state index in [-0.39, 0.29) is 5.56 Å². The molecular formula is C22H25N3O2S. The standard InChI is InChI=1S/C22H25N3O2S/c1-14-12-17(15(2)24-28(27)22(3,4)5)19-18(13-14)21(26)25(6)20(23-19)16-10-8-7-9-11-16/h7-13H,1-6H3. The zero-order valence-corrected chi connectivity index (χ0v) is 17.9. The summed E-state index contributed by atoms with van der Waals surface area (Å²) in [5, 5.41) is 0.535. The largest absolute Gasteiger partial charge is 0.591 e. The van der Waals surface area contributed by atoms with Crippen LogP contribution < -0.4 is 5.56 Å². The van der Waals surface area contributed by atoms with Crippen molar-refractivity contribution in [3.05, 3.63) is 63.9 Å². The van der Waals surface area contributed by atoms with Crippen molar-refractivity contribution >= 4 is 28.0 Å². The van der Waals surface area contributed by atoms with Crippen LogP contribution in [0.15, 0.2) is 51.7 Å². The first kappa shape index (κ1) is 20.3. The van der Waals surface area contributed by atoms with Gasteiger partial charge in [-0.05, 0) is 52.3 Å². The Hall–Kier alpha value is -2.44. The smallest absolute Gasteiger partial charge is 0.261 e. The Morgan fingerprint density at radius 3 is 2.43 bits per heavy atom. The lowest BCUT2D eigenvalue weighted by atomic mass is 10.0. The molecule has 6 heteroatoms. The molecule has 3 aromatic rings. The summed E-state index contributed by atoms with van der Waals surface area (Å²) in [6, 6.07) is 13.4. The molecule has 5 nitrogen and oxygen atoms in total. The summed E-state index contributed by atoms with van der Waals surface area (Å²) in [4.78, 5) is 17.9. The van der Waals surface area contributed by atoms with Gasteiger partial charge in [-0.25, -0.2) is 4.98 Å². The van der Waals surface area contributed by atoms with Crippen LogP contribution in [0.3, 0.4) is 0 Å². The molecule has 0 bridgehead atoms. The van der Waals surface area contributed by atoms with Crippen LogP contribution >= 0.6 is 0 Å². The Morgan fingerprint density at radius 2 is 1.82 bits per heavy atom. The highest BCUT2D eigenvalue weighted by Crippen LogP contribution is 2.24. The molecule has 0 saturated heterocycles. The average Bonchev–Trinajstić information content (AvgIpc) is 2.64. The van der Waals surface area contributed by atoms with Crippen molar-refractivity contribution in [2.24, 2.45) is 11.4 Å². The monoisotopic (exact) mass is 395 g/mol. The van der Waals surface area contributed by atoms with Gasteiger partial charge in [0, 0.05) is 18.2 Å². The Balaban J connectivity index is 2.31. The number of nitrogens with zero attached hydrogens (tertiary/aromatic N) is 3. The molecule has 0 saturated carbocycles. The lowest BCUT2D eigenvalue weighted by molar-refractivity contribution is 0.561. The van der Waals surface area contributed by atoms with Gasteiger partial charge in [0.2, 0.25) is 0 Å². The third-order valence-corrected chi connectivity index (χ3v) is 5.98. The maximum atomic E-state index is 13.1. The van der Waals surface area contributed by atoms with Gasteiger partial charge in [0.15, 0.2) is 0 Å². The lowest BCUT2D eigenvalue weighted by Gasteiger charge is -2.19. The molecule has 0 amide bonds. The molecule has 1 atom stereocenters. The van der Waals surface area contributed by atoms with Gasteiger partial charge in [-0.3, -0.25) is 9.36 Å². The van der Waals surface area contributed by atoms with Crippen molar-refractivity contribution in [3.63, 3.8) is 0 Å². The van der Waals surface area contributed by atoms with E-state index in [1.54, 1.807) is 11.6 Å². The molecule has 1 heterocycles. The fraction of sp³-hybridized carbons (Fsp3) is 0.318. The van der Waals surface area contributed by atoms with Gasteiger partial charge in [-0.15, -0.1) is 0 Å². The van der Waals surface area contributed by atoms with Crippen molar-refractivity contribution < 1.29 is 4.55 Å². The molecule has 0 aliphatic carbocycles. The fourth-order valence-corrected chi connectivity index (χ4v) is 3.57. The summed E-state index contributed by atoms with van der Waals surface area (Å²) < 4.78 is 18.0. The minimum Gasteiger partial charge on any atom is -0.591 e. The van der Waals surface area contributed by atoms with E-state index in [0.717, 1.165) is 16.7 Å². The van der Waals surface area contributed by atoms with Crippen LogP contribution in [0.2, 0.25) is 0 Å².